The maximum Gasteiger partial charge on any atom is 0.176 e. The molecule has 3 heteroatoms. The predicted octanol–water partition coefficient (Wildman–Crippen LogP) is 3.43. The van der Waals surface area contributed by atoms with Gasteiger partial charge in [0.1, 0.15) is 0 Å². The quantitative estimate of drug-likeness (QED) is 0.578. The molecule has 0 amide bonds. The summed E-state index contributed by atoms with van der Waals surface area (Å²) < 4.78 is 0. The Morgan fingerprint density at radius 1 is 1.38 bits per heavy atom. The highest BCUT2D eigenvalue weighted by molar-refractivity contribution is 6.17. The Kier molecular flexibility index (Phi) is 5.31. The third-order valence-corrected chi connectivity index (χ3v) is 2.28. The third kappa shape index (κ3) is 3.88. The van der Waals surface area contributed by atoms with Crippen LogP contribution in [-0.2, 0) is 0 Å². The van der Waals surface area contributed by atoms with Crippen molar-refractivity contribution >= 4 is 23.5 Å². The summed E-state index contributed by atoms with van der Waals surface area (Å²) in [5, 5.41) is 8.40. The maximum atomic E-state index is 11.4. The number of Topliss-reactive ketones (excluding diaryl/α,β-unsaturated/α-hetero) is 1. The van der Waals surface area contributed by atoms with Gasteiger partial charge in [-0.2, -0.15) is 5.26 Å². The Morgan fingerprint density at radius 2 is 2.06 bits per heavy atom. The number of hydrogen-bond acceptors (Lipinski definition) is 2. The minimum absolute atomic E-state index is 0.0680. The van der Waals surface area contributed by atoms with Crippen LogP contribution >= 0.6 is 11.6 Å². The van der Waals surface area contributed by atoms with Crippen molar-refractivity contribution in [3.05, 3.63) is 41.5 Å². The fourth-order valence-corrected chi connectivity index (χ4v) is 1.36. The van der Waals surface area contributed by atoms with E-state index in [1.807, 2.05) is 30.4 Å². The number of rotatable bonds is 5. The fraction of sp³-hybridized carbons (Fsp3) is 0.231. The van der Waals surface area contributed by atoms with E-state index in [1.165, 1.54) is 0 Å². The van der Waals surface area contributed by atoms with Crippen LogP contribution in [-0.4, -0.2) is 11.7 Å². The van der Waals surface area contributed by atoms with Gasteiger partial charge in [0.05, 0.1) is 12.5 Å². The minimum Gasteiger partial charge on any atom is -0.293 e. The highest BCUT2D eigenvalue weighted by Crippen LogP contribution is 2.08. The largest absolute Gasteiger partial charge is 0.293 e. The molecule has 2 nitrogen and oxygen atoms in total. The molecular formula is C13H12ClNO. The molecule has 0 unspecified atom stereocenters. The fourth-order valence-electron chi connectivity index (χ4n) is 1.24. The number of nitriles is 1. The van der Waals surface area contributed by atoms with Gasteiger partial charge in [0.25, 0.3) is 0 Å². The molecule has 0 atom stereocenters. The molecule has 1 aromatic carbocycles. The standard InChI is InChI=1S/C13H12ClNO/c14-9-2-1-3-11-4-6-12(7-5-11)13(16)8-10-15/h1,3-7H,2,8-9H2. The molecule has 1 aromatic rings. The van der Waals surface area contributed by atoms with Crippen molar-refractivity contribution in [1.29, 1.82) is 5.26 Å². The van der Waals surface area contributed by atoms with E-state index in [4.69, 9.17) is 16.9 Å². The minimum atomic E-state index is -0.140. The van der Waals surface area contributed by atoms with Gasteiger partial charge in [-0.1, -0.05) is 36.4 Å². The van der Waals surface area contributed by atoms with Crippen LogP contribution in [0.4, 0.5) is 0 Å². The number of nitrogens with zero attached hydrogens (tertiary/aromatic N) is 1. The van der Waals surface area contributed by atoms with Crippen LogP contribution in [0.5, 0.6) is 0 Å². The summed E-state index contributed by atoms with van der Waals surface area (Å²) in [7, 11) is 0. The van der Waals surface area contributed by atoms with Gasteiger partial charge in [0.15, 0.2) is 5.78 Å². The summed E-state index contributed by atoms with van der Waals surface area (Å²) >= 11 is 5.54. The Morgan fingerprint density at radius 3 is 2.62 bits per heavy atom. The second-order valence-electron chi connectivity index (χ2n) is 3.26. The van der Waals surface area contributed by atoms with Crippen LogP contribution in [0.2, 0.25) is 0 Å². The molecule has 0 N–H and O–H groups in total. The average molecular weight is 234 g/mol. The van der Waals surface area contributed by atoms with Gasteiger partial charge in [0.2, 0.25) is 0 Å². The van der Waals surface area contributed by atoms with E-state index in [0.717, 1.165) is 12.0 Å². The van der Waals surface area contributed by atoms with E-state index in [2.05, 4.69) is 0 Å². The first kappa shape index (κ1) is 12.5. The normalized spacial score (nSPS) is 10.2. The number of halogens is 1. The molecule has 0 radical (unpaired) electrons. The van der Waals surface area contributed by atoms with E-state index >= 15 is 0 Å². The lowest BCUT2D eigenvalue weighted by Gasteiger charge is -1.97. The van der Waals surface area contributed by atoms with Crippen molar-refractivity contribution in [2.45, 2.75) is 12.8 Å². The van der Waals surface area contributed by atoms with Gasteiger partial charge in [-0.05, 0) is 12.0 Å². The van der Waals surface area contributed by atoms with Crippen molar-refractivity contribution in [2.75, 3.05) is 5.88 Å². The highest BCUT2D eigenvalue weighted by Gasteiger charge is 2.03. The van der Waals surface area contributed by atoms with E-state index in [-0.39, 0.29) is 12.2 Å². The van der Waals surface area contributed by atoms with Crippen LogP contribution in [0.1, 0.15) is 28.8 Å². The molecule has 16 heavy (non-hydrogen) atoms. The molecule has 0 aliphatic carbocycles. The number of carbonyl (C=O) groups is 1. The molecular weight excluding hydrogens is 222 g/mol. The maximum absolute atomic E-state index is 11.4. The first-order valence-electron chi connectivity index (χ1n) is 5.00. The molecule has 0 aliphatic heterocycles. The molecule has 0 saturated carbocycles. The van der Waals surface area contributed by atoms with Gasteiger partial charge in [-0.15, -0.1) is 11.6 Å². The molecule has 0 heterocycles. The number of allylic oxidation sites excluding steroid dienone is 1. The third-order valence-electron chi connectivity index (χ3n) is 2.06. The number of ketones is 1. The summed E-state index contributed by atoms with van der Waals surface area (Å²) in [5.74, 6) is 0.466. The van der Waals surface area contributed by atoms with Crippen LogP contribution in [0.25, 0.3) is 6.08 Å². The zero-order valence-electron chi connectivity index (χ0n) is 8.82. The van der Waals surface area contributed by atoms with E-state index in [9.17, 15) is 4.79 Å². The van der Waals surface area contributed by atoms with Crippen molar-refractivity contribution < 1.29 is 4.79 Å². The Bertz CT molecular complexity index is 415. The summed E-state index contributed by atoms with van der Waals surface area (Å²) in [6.07, 6.45) is 4.71. The smallest absolute Gasteiger partial charge is 0.176 e. The van der Waals surface area contributed by atoms with Crippen molar-refractivity contribution in [2.24, 2.45) is 0 Å². The van der Waals surface area contributed by atoms with Crippen LogP contribution < -0.4 is 0 Å². The Hall–Kier alpha value is -1.59. The lowest BCUT2D eigenvalue weighted by atomic mass is 10.1. The topological polar surface area (TPSA) is 40.9 Å². The van der Waals surface area contributed by atoms with Gasteiger partial charge in [-0.3, -0.25) is 4.79 Å². The number of benzene rings is 1. The number of carbonyl (C=O) groups excluding carboxylic acids is 1. The van der Waals surface area contributed by atoms with Crippen molar-refractivity contribution in [3.63, 3.8) is 0 Å². The Balaban J connectivity index is 2.68. The van der Waals surface area contributed by atoms with Crippen LogP contribution in [0, 0.1) is 11.3 Å². The van der Waals surface area contributed by atoms with Crippen LogP contribution in [0.3, 0.4) is 0 Å². The zero-order valence-corrected chi connectivity index (χ0v) is 9.57. The van der Waals surface area contributed by atoms with Gasteiger partial charge in [-0.25, -0.2) is 0 Å². The van der Waals surface area contributed by atoms with Gasteiger partial charge < -0.3 is 0 Å². The molecule has 0 bridgehead atoms. The molecule has 0 spiro atoms. The number of alkyl halides is 1. The molecule has 0 aromatic heterocycles. The lowest BCUT2D eigenvalue weighted by molar-refractivity contribution is 0.0998. The second-order valence-corrected chi connectivity index (χ2v) is 3.64. The Labute approximate surface area is 100 Å². The van der Waals surface area contributed by atoms with Crippen LogP contribution in [0.15, 0.2) is 30.3 Å². The van der Waals surface area contributed by atoms with Gasteiger partial charge >= 0.3 is 0 Å². The zero-order chi connectivity index (χ0) is 11.8. The lowest BCUT2D eigenvalue weighted by Crippen LogP contribution is -1.96. The molecule has 1 rings (SSSR count). The molecule has 0 fully saturated rings. The monoisotopic (exact) mass is 233 g/mol. The van der Waals surface area contributed by atoms with Gasteiger partial charge in [0, 0.05) is 11.4 Å². The molecule has 0 saturated heterocycles. The highest BCUT2D eigenvalue weighted by atomic mass is 35.5. The first-order chi connectivity index (χ1) is 7.77. The predicted molar refractivity (Wildman–Crippen MR) is 65.4 cm³/mol. The second kappa shape index (κ2) is 6.81. The van der Waals surface area contributed by atoms with E-state index in [1.54, 1.807) is 12.1 Å². The van der Waals surface area contributed by atoms with E-state index in [0.29, 0.717) is 11.4 Å². The van der Waals surface area contributed by atoms with Crippen molar-refractivity contribution in [1.82, 2.24) is 0 Å². The summed E-state index contributed by atoms with van der Waals surface area (Å²) in [6, 6.07) is 9.03. The molecule has 82 valence electrons. The van der Waals surface area contributed by atoms with E-state index < -0.39 is 0 Å². The SMILES string of the molecule is N#CCC(=O)c1ccc(C=CCCCl)cc1. The summed E-state index contributed by atoms with van der Waals surface area (Å²) in [4.78, 5) is 11.4. The average Bonchev–Trinajstić information content (AvgIpc) is 2.30. The summed E-state index contributed by atoms with van der Waals surface area (Å²) in [6.45, 7) is 0. The first-order valence-corrected chi connectivity index (χ1v) is 5.54. The molecule has 0 aliphatic rings. The number of hydrogen-bond donors (Lipinski definition) is 0. The van der Waals surface area contributed by atoms with Crippen molar-refractivity contribution in [3.8, 4) is 6.07 Å². The summed E-state index contributed by atoms with van der Waals surface area (Å²) in [5.41, 5.74) is 1.61.